The van der Waals surface area contributed by atoms with Gasteiger partial charge in [0.15, 0.2) is 0 Å². The van der Waals surface area contributed by atoms with E-state index < -0.39 is 0 Å². The standard InChI is InChI=1S/C18H29N3OS/c1-21(2)13-7-12-19-17(22)16-10-6-11-20-18(16)23-14-15-8-4-3-5-9-15/h6,10-11,15H,3-5,7-9,12-14H2,1-2H3,(H,19,22). The first kappa shape index (κ1) is 18.3. The predicted molar refractivity (Wildman–Crippen MR) is 97.0 cm³/mol. The number of nitrogens with zero attached hydrogens (tertiary/aromatic N) is 2. The molecule has 0 atom stereocenters. The van der Waals surface area contributed by atoms with Crippen LogP contribution in [0.15, 0.2) is 23.4 Å². The second-order valence-corrected chi connectivity index (χ2v) is 7.59. The average molecular weight is 336 g/mol. The van der Waals surface area contributed by atoms with Gasteiger partial charge in [-0.1, -0.05) is 19.3 Å². The van der Waals surface area contributed by atoms with Crippen LogP contribution in [0.3, 0.4) is 0 Å². The van der Waals surface area contributed by atoms with Crippen LogP contribution in [0, 0.1) is 5.92 Å². The maximum Gasteiger partial charge on any atom is 0.254 e. The van der Waals surface area contributed by atoms with Crippen molar-refractivity contribution in [3.8, 4) is 0 Å². The first-order valence-corrected chi connectivity index (χ1v) is 9.66. The van der Waals surface area contributed by atoms with Gasteiger partial charge < -0.3 is 10.2 Å². The normalized spacial score (nSPS) is 15.8. The van der Waals surface area contributed by atoms with Gasteiger partial charge in [-0.2, -0.15) is 0 Å². The van der Waals surface area contributed by atoms with Gasteiger partial charge in [0.1, 0.15) is 5.03 Å². The van der Waals surface area contributed by atoms with Gasteiger partial charge in [0, 0.05) is 18.5 Å². The highest BCUT2D eigenvalue weighted by molar-refractivity contribution is 7.99. The van der Waals surface area contributed by atoms with Crippen LogP contribution in [0.5, 0.6) is 0 Å². The van der Waals surface area contributed by atoms with E-state index in [-0.39, 0.29) is 5.91 Å². The number of aromatic nitrogens is 1. The van der Waals surface area contributed by atoms with Crippen LogP contribution < -0.4 is 5.32 Å². The minimum atomic E-state index is 0.00278. The van der Waals surface area contributed by atoms with Gasteiger partial charge in [0.05, 0.1) is 5.56 Å². The lowest BCUT2D eigenvalue weighted by atomic mass is 9.91. The number of carbonyl (C=O) groups is 1. The van der Waals surface area contributed by atoms with Crippen LogP contribution in [0.4, 0.5) is 0 Å². The summed E-state index contributed by atoms with van der Waals surface area (Å²) in [5, 5.41) is 3.89. The quantitative estimate of drug-likeness (QED) is 0.584. The lowest BCUT2D eigenvalue weighted by Crippen LogP contribution is -2.27. The summed E-state index contributed by atoms with van der Waals surface area (Å²) < 4.78 is 0. The van der Waals surface area contributed by atoms with Crippen molar-refractivity contribution in [1.29, 1.82) is 0 Å². The van der Waals surface area contributed by atoms with Crippen LogP contribution in [0.25, 0.3) is 0 Å². The molecule has 0 bridgehead atoms. The first-order valence-electron chi connectivity index (χ1n) is 8.67. The Morgan fingerprint density at radius 2 is 2.13 bits per heavy atom. The summed E-state index contributed by atoms with van der Waals surface area (Å²) in [5.41, 5.74) is 0.721. The number of hydrogen-bond acceptors (Lipinski definition) is 4. The van der Waals surface area contributed by atoms with Crippen molar-refractivity contribution < 1.29 is 4.79 Å². The fraction of sp³-hybridized carbons (Fsp3) is 0.667. The molecule has 2 rings (SSSR count). The lowest BCUT2D eigenvalue weighted by molar-refractivity contribution is 0.0948. The fourth-order valence-corrected chi connectivity index (χ4v) is 4.10. The van der Waals surface area contributed by atoms with E-state index in [0.29, 0.717) is 6.54 Å². The first-order chi connectivity index (χ1) is 11.2. The van der Waals surface area contributed by atoms with Gasteiger partial charge in [-0.15, -0.1) is 11.8 Å². The molecule has 0 radical (unpaired) electrons. The summed E-state index contributed by atoms with van der Waals surface area (Å²) in [7, 11) is 4.09. The van der Waals surface area contributed by atoms with Crippen LogP contribution >= 0.6 is 11.8 Å². The number of pyridine rings is 1. The van der Waals surface area contributed by atoms with Crippen molar-refractivity contribution in [2.75, 3.05) is 32.9 Å². The molecule has 1 aliphatic rings. The van der Waals surface area contributed by atoms with E-state index in [1.807, 2.05) is 26.2 Å². The Kier molecular flexibility index (Phi) is 7.89. The largest absolute Gasteiger partial charge is 0.352 e. The third-order valence-corrected chi connectivity index (χ3v) is 5.50. The molecule has 0 saturated heterocycles. The molecule has 0 aromatic carbocycles. The Morgan fingerprint density at radius 3 is 2.87 bits per heavy atom. The zero-order valence-electron chi connectivity index (χ0n) is 14.4. The highest BCUT2D eigenvalue weighted by Gasteiger charge is 2.17. The molecule has 0 unspecified atom stereocenters. The lowest BCUT2D eigenvalue weighted by Gasteiger charge is -2.21. The molecule has 1 heterocycles. The summed E-state index contributed by atoms with van der Waals surface area (Å²) in [5.74, 6) is 1.87. The van der Waals surface area contributed by atoms with Crippen LogP contribution in [-0.2, 0) is 0 Å². The summed E-state index contributed by atoms with van der Waals surface area (Å²) in [6, 6.07) is 3.73. The summed E-state index contributed by atoms with van der Waals surface area (Å²) in [6.45, 7) is 1.69. The maximum atomic E-state index is 12.4. The van der Waals surface area contributed by atoms with Crippen molar-refractivity contribution >= 4 is 17.7 Å². The highest BCUT2D eigenvalue weighted by Crippen LogP contribution is 2.30. The molecule has 4 nitrogen and oxygen atoms in total. The molecular weight excluding hydrogens is 306 g/mol. The van der Waals surface area contributed by atoms with Crippen LogP contribution in [-0.4, -0.2) is 48.7 Å². The van der Waals surface area contributed by atoms with Crippen molar-refractivity contribution in [2.45, 2.75) is 43.6 Å². The van der Waals surface area contributed by atoms with Gasteiger partial charge in [-0.05, 0) is 58.0 Å². The second kappa shape index (κ2) is 9.93. The average Bonchev–Trinajstić information content (AvgIpc) is 2.58. The molecule has 1 saturated carbocycles. The van der Waals surface area contributed by atoms with Crippen molar-refractivity contribution in [3.05, 3.63) is 23.9 Å². The fourth-order valence-electron chi connectivity index (χ4n) is 2.92. The van der Waals surface area contributed by atoms with Gasteiger partial charge in [-0.25, -0.2) is 4.98 Å². The molecule has 1 amide bonds. The molecule has 1 fully saturated rings. The van der Waals surface area contributed by atoms with Gasteiger partial charge in [0.25, 0.3) is 5.91 Å². The number of hydrogen-bond donors (Lipinski definition) is 1. The monoisotopic (exact) mass is 335 g/mol. The highest BCUT2D eigenvalue weighted by atomic mass is 32.2. The SMILES string of the molecule is CN(C)CCCNC(=O)c1cccnc1SCC1CCCCC1. The smallest absolute Gasteiger partial charge is 0.254 e. The Labute approximate surface area is 144 Å². The van der Waals surface area contributed by atoms with Crippen molar-refractivity contribution in [1.82, 2.24) is 15.2 Å². The zero-order chi connectivity index (χ0) is 16.5. The van der Waals surface area contributed by atoms with E-state index in [2.05, 4.69) is 15.2 Å². The Morgan fingerprint density at radius 1 is 1.35 bits per heavy atom. The molecule has 23 heavy (non-hydrogen) atoms. The van der Waals surface area contributed by atoms with E-state index in [9.17, 15) is 4.79 Å². The number of amides is 1. The molecule has 128 valence electrons. The Balaban J connectivity index is 1.84. The Bertz CT molecular complexity index is 487. The molecule has 0 aliphatic heterocycles. The van der Waals surface area contributed by atoms with Crippen molar-refractivity contribution in [2.24, 2.45) is 5.92 Å². The minimum absolute atomic E-state index is 0.00278. The minimum Gasteiger partial charge on any atom is -0.352 e. The van der Waals surface area contributed by atoms with Gasteiger partial charge >= 0.3 is 0 Å². The zero-order valence-corrected chi connectivity index (χ0v) is 15.2. The molecule has 5 heteroatoms. The summed E-state index contributed by atoms with van der Waals surface area (Å²) in [4.78, 5) is 18.9. The summed E-state index contributed by atoms with van der Waals surface area (Å²) in [6.07, 6.45) is 9.48. The third-order valence-electron chi connectivity index (χ3n) is 4.26. The summed E-state index contributed by atoms with van der Waals surface area (Å²) >= 11 is 1.75. The van der Waals surface area contributed by atoms with E-state index in [0.717, 1.165) is 35.2 Å². The third kappa shape index (κ3) is 6.51. The number of nitrogens with one attached hydrogen (secondary N) is 1. The second-order valence-electron chi connectivity index (χ2n) is 6.58. The van der Waals surface area contributed by atoms with E-state index in [1.54, 1.807) is 18.0 Å². The molecule has 1 aliphatic carbocycles. The van der Waals surface area contributed by atoms with Gasteiger partial charge in [-0.3, -0.25) is 4.79 Å². The molecule has 1 aromatic heterocycles. The number of carbonyl (C=O) groups excluding carboxylic acids is 1. The molecular formula is C18H29N3OS. The molecule has 0 spiro atoms. The number of thioether (sulfide) groups is 1. The van der Waals surface area contributed by atoms with Crippen LogP contribution in [0.1, 0.15) is 48.9 Å². The maximum absolute atomic E-state index is 12.4. The topological polar surface area (TPSA) is 45.2 Å². The molecule has 1 N–H and O–H groups in total. The van der Waals surface area contributed by atoms with Crippen LogP contribution in [0.2, 0.25) is 0 Å². The van der Waals surface area contributed by atoms with Crippen molar-refractivity contribution in [3.63, 3.8) is 0 Å². The Hall–Kier alpha value is -1.07. The van der Waals surface area contributed by atoms with Gasteiger partial charge in [0.2, 0.25) is 0 Å². The predicted octanol–water partition coefficient (Wildman–Crippen LogP) is 3.44. The number of rotatable bonds is 8. The van der Waals surface area contributed by atoms with E-state index in [1.165, 1.54) is 32.1 Å². The van der Waals surface area contributed by atoms with E-state index in [4.69, 9.17) is 0 Å². The molecule has 1 aromatic rings. The van der Waals surface area contributed by atoms with E-state index >= 15 is 0 Å².